The minimum Gasteiger partial charge on any atom is -0.305 e. The largest absolute Gasteiger partial charge is 0.305 e. The normalized spacial score (nSPS) is 12.3. The quantitative estimate of drug-likeness (QED) is 0.834. The van der Waals surface area contributed by atoms with Crippen LogP contribution in [0, 0.1) is 0 Å². The average Bonchev–Trinajstić information content (AvgIpc) is 2.42. The van der Waals surface area contributed by atoms with E-state index in [1.807, 2.05) is 36.4 Å². The van der Waals surface area contributed by atoms with Gasteiger partial charge >= 0.3 is 0 Å². The van der Waals surface area contributed by atoms with Crippen LogP contribution < -0.4 is 11.1 Å². The number of hydrogen-bond acceptors (Lipinski definition) is 1. The summed E-state index contributed by atoms with van der Waals surface area (Å²) in [5.41, 5.74) is 10.0. The van der Waals surface area contributed by atoms with Crippen molar-refractivity contribution < 1.29 is 0 Å². The van der Waals surface area contributed by atoms with Crippen molar-refractivity contribution in [2.75, 3.05) is 6.54 Å². The summed E-state index contributed by atoms with van der Waals surface area (Å²) in [6.45, 7) is 1.16. The summed E-state index contributed by atoms with van der Waals surface area (Å²) < 4.78 is 0. The SMILES string of the molecule is [NH]CC(NCc1ccccc1)c1ccccc1. The highest BCUT2D eigenvalue weighted by atomic mass is 14.9. The molecule has 0 bridgehead atoms. The molecule has 0 amide bonds. The zero-order chi connectivity index (χ0) is 11.9. The van der Waals surface area contributed by atoms with Crippen molar-refractivity contribution in [3.05, 3.63) is 71.8 Å². The number of benzene rings is 2. The molecule has 0 aliphatic heterocycles. The van der Waals surface area contributed by atoms with Crippen LogP contribution in [-0.4, -0.2) is 6.54 Å². The molecule has 0 saturated heterocycles. The lowest BCUT2D eigenvalue weighted by Crippen LogP contribution is -2.24. The molecule has 2 heteroatoms. The van der Waals surface area contributed by atoms with Crippen molar-refractivity contribution in [1.82, 2.24) is 11.1 Å². The number of nitrogens with one attached hydrogen (secondary N) is 2. The van der Waals surface area contributed by atoms with Crippen LogP contribution in [0.25, 0.3) is 0 Å². The first-order valence-corrected chi connectivity index (χ1v) is 5.87. The van der Waals surface area contributed by atoms with Gasteiger partial charge in [-0.15, -0.1) is 0 Å². The number of rotatable bonds is 5. The summed E-state index contributed by atoms with van der Waals surface area (Å²) in [4.78, 5) is 0. The molecular weight excluding hydrogens is 208 g/mol. The van der Waals surface area contributed by atoms with Crippen molar-refractivity contribution >= 4 is 0 Å². The molecule has 0 aliphatic carbocycles. The highest BCUT2D eigenvalue weighted by Gasteiger charge is 2.07. The molecule has 1 radical (unpaired) electrons. The second kappa shape index (κ2) is 6.18. The van der Waals surface area contributed by atoms with Gasteiger partial charge in [-0.1, -0.05) is 60.7 Å². The molecule has 87 valence electrons. The van der Waals surface area contributed by atoms with Gasteiger partial charge in [-0.05, 0) is 11.1 Å². The molecule has 0 aromatic heterocycles. The van der Waals surface area contributed by atoms with Crippen LogP contribution in [0.1, 0.15) is 17.2 Å². The summed E-state index contributed by atoms with van der Waals surface area (Å²) in [5, 5.41) is 3.41. The second-order valence-electron chi connectivity index (χ2n) is 4.03. The Labute approximate surface area is 102 Å². The van der Waals surface area contributed by atoms with Crippen molar-refractivity contribution in [2.24, 2.45) is 0 Å². The second-order valence-corrected chi connectivity index (χ2v) is 4.03. The van der Waals surface area contributed by atoms with E-state index in [9.17, 15) is 0 Å². The molecule has 17 heavy (non-hydrogen) atoms. The molecule has 0 spiro atoms. The third kappa shape index (κ3) is 3.41. The van der Waals surface area contributed by atoms with Gasteiger partial charge in [-0.3, -0.25) is 5.73 Å². The Morgan fingerprint density at radius 2 is 1.47 bits per heavy atom. The summed E-state index contributed by atoms with van der Waals surface area (Å²) in [6.07, 6.45) is 0. The zero-order valence-corrected chi connectivity index (χ0v) is 9.77. The molecule has 0 aliphatic rings. The van der Waals surface area contributed by atoms with Gasteiger partial charge in [0.15, 0.2) is 0 Å². The van der Waals surface area contributed by atoms with Gasteiger partial charge in [0.2, 0.25) is 0 Å². The van der Waals surface area contributed by atoms with Crippen LogP contribution in [0.15, 0.2) is 60.7 Å². The van der Waals surface area contributed by atoms with Gasteiger partial charge in [0.25, 0.3) is 0 Å². The third-order valence-corrected chi connectivity index (χ3v) is 2.80. The minimum absolute atomic E-state index is 0.108. The van der Waals surface area contributed by atoms with Crippen molar-refractivity contribution in [2.45, 2.75) is 12.6 Å². The predicted octanol–water partition coefficient (Wildman–Crippen LogP) is 2.80. The van der Waals surface area contributed by atoms with E-state index in [4.69, 9.17) is 5.73 Å². The van der Waals surface area contributed by atoms with Crippen molar-refractivity contribution in [1.29, 1.82) is 0 Å². The van der Waals surface area contributed by atoms with E-state index in [1.54, 1.807) is 0 Å². The van der Waals surface area contributed by atoms with Gasteiger partial charge in [0.05, 0.1) is 0 Å². The van der Waals surface area contributed by atoms with E-state index in [-0.39, 0.29) is 6.04 Å². The highest BCUT2D eigenvalue weighted by Crippen LogP contribution is 2.12. The van der Waals surface area contributed by atoms with Crippen LogP contribution in [0.5, 0.6) is 0 Å². The van der Waals surface area contributed by atoms with Crippen molar-refractivity contribution in [3.8, 4) is 0 Å². The maximum absolute atomic E-state index is 7.60. The molecule has 2 rings (SSSR count). The summed E-state index contributed by atoms with van der Waals surface area (Å²) in [7, 11) is 0. The van der Waals surface area contributed by atoms with Crippen LogP contribution in [0.4, 0.5) is 0 Å². The van der Waals surface area contributed by atoms with Crippen molar-refractivity contribution in [3.63, 3.8) is 0 Å². The molecule has 0 heterocycles. The van der Waals surface area contributed by atoms with Crippen LogP contribution in [0.3, 0.4) is 0 Å². The fourth-order valence-corrected chi connectivity index (χ4v) is 1.83. The Morgan fingerprint density at radius 1 is 0.882 bits per heavy atom. The van der Waals surface area contributed by atoms with Gasteiger partial charge in [0, 0.05) is 19.1 Å². The van der Waals surface area contributed by atoms with Crippen LogP contribution >= 0.6 is 0 Å². The maximum Gasteiger partial charge on any atom is 0.0463 e. The monoisotopic (exact) mass is 225 g/mol. The fraction of sp³-hybridized carbons (Fsp3) is 0.200. The Bertz CT molecular complexity index is 425. The summed E-state index contributed by atoms with van der Waals surface area (Å²) >= 11 is 0. The molecule has 2 aromatic carbocycles. The lowest BCUT2D eigenvalue weighted by atomic mass is 10.1. The molecular formula is C15H17N2. The summed E-state index contributed by atoms with van der Waals surface area (Å²) in [6, 6.07) is 20.6. The van der Waals surface area contributed by atoms with E-state index in [0.717, 1.165) is 6.54 Å². The fourth-order valence-electron chi connectivity index (χ4n) is 1.83. The molecule has 1 unspecified atom stereocenters. The zero-order valence-electron chi connectivity index (χ0n) is 9.77. The Hall–Kier alpha value is -1.64. The van der Waals surface area contributed by atoms with Crippen LogP contribution in [0.2, 0.25) is 0 Å². The van der Waals surface area contributed by atoms with Gasteiger partial charge < -0.3 is 5.32 Å². The minimum atomic E-state index is 0.108. The molecule has 0 fully saturated rings. The predicted molar refractivity (Wildman–Crippen MR) is 70.4 cm³/mol. The highest BCUT2D eigenvalue weighted by molar-refractivity contribution is 5.20. The topological polar surface area (TPSA) is 35.8 Å². The van der Waals surface area contributed by atoms with E-state index in [0.29, 0.717) is 6.54 Å². The van der Waals surface area contributed by atoms with Gasteiger partial charge in [0.1, 0.15) is 0 Å². The van der Waals surface area contributed by atoms with Gasteiger partial charge in [-0.25, -0.2) is 0 Å². The molecule has 0 saturated carbocycles. The van der Waals surface area contributed by atoms with Gasteiger partial charge in [-0.2, -0.15) is 0 Å². The molecule has 2 aromatic rings. The molecule has 2 N–H and O–H groups in total. The maximum atomic E-state index is 7.60. The Morgan fingerprint density at radius 3 is 2.06 bits per heavy atom. The smallest absolute Gasteiger partial charge is 0.0463 e. The first kappa shape index (κ1) is 11.8. The third-order valence-electron chi connectivity index (χ3n) is 2.80. The first-order chi connectivity index (χ1) is 8.40. The van der Waals surface area contributed by atoms with E-state index in [1.165, 1.54) is 11.1 Å². The van der Waals surface area contributed by atoms with E-state index in [2.05, 4.69) is 29.6 Å². The Kier molecular flexibility index (Phi) is 4.30. The molecule has 1 atom stereocenters. The standard InChI is InChI=1S/C15H17N2/c16-11-15(14-9-5-2-6-10-14)17-12-13-7-3-1-4-8-13/h1-10,15-17H,11-12H2. The Balaban J connectivity index is 1.97. The molecule has 2 nitrogen and oxygen atoms in total. The first-order valence-electron chi connectivity index (χ1n) is 5.87. The average molecular weight is 225 g/mol. The lowest BCUT2D eigenvalue weighted by molar-refractivity contribution is 0.536. The summed E-state index contributed by atoms with van der Waals surface area (Å²) in [5.74, 6) is 0. The number of hydrogen-bond donors (Lipinski definition) is 1. The van der Waals surface area contributed by atoms with Crippen LogP contribution in [-0.2, 0) is 6.54 Å². The van der Waals surface area contributed by atoms with E-state index < -0.39 is 0 Å². The lowest BCUT2D eigenvalue weighted by Gasteiger charge is -2.16. The van der Waals surface area contributed by atoms with E-state index >= 15 is 0 Å².